The van der Waals surface area contributed by atoms with Crippen molar-refractivity contribution in [2.45, 2.75) is 20.0 Å². The van der Waals surface area contributed by atoms with Gasteiger partial charge in [0.2, 0.25) is 0 Å². The summed E-state index contributed by atoms with van der Waals surface area (Å²) < 4.78 is 5.10. The van der Waals surface area contributed by atoms with Crippen LogP contribution in [0.4, 0.5) is 4.79 Å². The highest BCUT2D eigenvalue weighted by Gasteiger charge is 2.00. The number of hydrogen-bond donors (Lipinski definition) is 1. The smallest absolute Gasteiger partial charge is 0.407 e. The summed E-state index contributed by atoms with van der Waals surface area (Å²) in [5.74, 6) is 5.94. The first-order chi connectivity index (χ1) is 10.7. The summed E-state index contributed by atoms with van der Waals surface area (Å²) in [7, 11) is 0. The largest absolute Gasteiger partial charge is 0.445 e. The minimum absolute atomic E-state index is 0.269. The van der Waals surface area contributed by atoms with Crippen LogP contribution in [0, 0.1) is 18.8 Å². The predicted molar refractivity (Wildman–Crippen MR) is 85.1 cm³/mol. The van der Waals surface area contributed by atoms with Gasteiger partial charge in [0.15, 0.2) is 0 Å². The third-order valence-electron chi connectivity index (χ3n) is 2.86. The lowest BCUT2D eigenvalue weighted by Crippen LogP contribution is -2.24. The molecule has 0 aliphatic carbocycles. The maximum atomic E-state index is 11.5. The second-order valence-electron chi connectivity index (χ2n) is 4.76. The van der Waals surface area contributed by atoms with E-state index in [0.717, 1.165) is 16.8 Å². The molecule has 0 saturated heterocycles. The van der Waals surface area contributed by atoms with Gasteiger partial charge in [-0.3, -0.25) is 0 Å². The number of ether oxygens (including phenoxy) is 1. The lowest BCUT2D eigenvalue weighted by Gasteiger charge is -2.05. The molecule has 0 saturated carbocycles. The molecule has 4 nitrogen and oxygen atoms in total. The van der Waals surface area contributed by atoms with Crippen LogP contribution in [-0.4, -0.2) is 17.6 Å². The molecule has 0 fully saturated rings. The lowest BCUT2D eigenvalue weighted by atomic mass is 10.2. The van der Waals surface area contributed by atoms with Crippen LogP contribution in [0.2, 0.25) is 0 Å². The quantitative estimate of drug-likeness (QED) is 0.696. The van der Waals surface area contributed by atoms with Crippen molar-refractivity contribution < 1.29 is 9.53 Å². The maximum absolute atomic E-state index is 11.5. The van der Waals surface area contributed by atoms with Crippen LogP contribution in [-0.2, 0) is 11.3 Å². The van der Waals surface area contributed by atoms with Crippen molar-refractivity contribution in [2.24, 2.45) is 0 Å². The fraction of sp³-hybridized carbons (Fsp3) is 0.222. The molecule has 1 N–H and O–H groups in total. The fourth-order valence-electron chi connectivity index (χ4n) is 1.76. The summed E-state index contributed by atoms with van der Waals surface area (Å²) in [5, 5.41) is 2.67. The number of benzene rings is 1. The molecule has 0 atom stereocenters. The molecule has 2 aromatic rings. The molecular formula is C18H18N2O2. The van der Waals surface area contributed by atoms with Gasteiger partial charge in [0.05, 0.1) is 0 Å². The van der Waals surface area contributed by atoms with Gasteiger partial charge >= 0.3 is 6.09 Å². The zero-order chi connectivity index (χ0) is 15.6. The molecule has 0 aliphatic heterocycles. The zero-order valence-electron chi connectivity index (χ0n) is 12.5. The first kappa shape index (κ1) is 15.6. The summed E-state index contributed by atoms with van der Waals surface area (Å²) in [4.78, 5) is 15.6. The summed E-state index contributed by atoms with van der Waals surface area (Å²) in [5.41, 5.74) is 2.83. The Morgan fingerprint density at radius 2 is 2.09 bits per heavy atom. The number of alkyl carbamates (subject to hydrolysis) is 1. The van der Waals surface area contributed by atoms with E-state index in [2.05, 4.69) is 22.1 Å². The van der Waals surface area contributed by atoms with Gasteiger partial charge in [0, 0.05) is 19.2 Å². The summed E-state index contributed by atoms with van der Waals surface area (Å²) in [6.07, 6.45) is 1.86. The second kappa shape index (κ2) is 8.48. The summed E-state index contributed by atoms with van der Waals surface area (Å²) in [6.45, 7) is 2.72. The zero-order valence-corrected chi connectivity index (χ0v) is 12.5. The van der Waals surface area contributed by atoms with Gasteiger partial charge < -0.3 is 10.1 Å². The Hall–Kier alpha value is -2.80. The number of carbonyl (C=O) groups excluding carboxylic acids is 1. The average molecular weight is 294 g/mol. The van der Waals surface area contributed by atoms with E-state index in [4.69, 9.17) is 4.74 Å². The van der Waals surface area contributed by atoms with Gasteiger partial charge in [-0.25, -0.2) is 9.78 Å². The molecule has 0 bridgehead atoms. The van der Waals surface area contributed by atoms with Crippen LogP contribution in [0.3, 0.4) is 0 Å². The van der Waals surface area contributed by atoms with E-state index in [0.29, 0.717) is 13.0 Å². The van der Waals surface area contributed by atoms with E-state index in [1.807, 2.05) is 49.4 Å². The molecule has 1 aromatic heterocycles. The van der Waals surface area contributed by atoms with E-state index >= 15 is 0 Å². The van der Waals surface area contributed by atoms with Crippen molar-refractivity contribution in [1.29, 1.82) is 0 Å². The molecule has 1 amide bonds. The first-order valence-corrected chi connectivity index (χ1v) is 7.10. The molecule has 2 rings (SSSR count). The standard InChI is InChI=1S/C18H18N2O2/c1-15-10-12-19-17(13-15)9-5-6-11-20-18(21)22-14-16-7-3-2-4-8-16/h2-4,7-8,10,12-13H,6,11,14H2,1H3,(H,20,21). The van der Waals surface area contributed by atoms with E-state index in [1.54, 1.807) is 6.20 Å². The first-order valence-electron chi connectivity index (χ1n) is 7.10. The van der Waals surface area contributed by atoms with E-state index in [-0.39, 0.29) is 6.61 Å². The number of nitrogens with zero attached hydrogens (tertiary/aromatic N) is 1. The van der Waals surface area contributed by atoms with Crippen LogP contribution < -0.4 is 5.32 Å². The van der Waals surface area contributed by atoms with E-state index < -0.39 is 6.09 Å². The second-order valence-corrected chi connectivity index (χ2v) is 4.76. The molecule has 112 valence electrons. The summed E-state index contributed by atoms with van der Waals surface area (Å²) >= 11 is 0. The number of rotatable bonds is 4. The minimum Gasteiger partial charge on any atom is -0.445 e. The third kappa shape index (κ3) is 5.68. The number of hydrogen-bond acceptors (Lipinski definition) is 3. The monoisotopic (exact) mass is 294 g/mol. The van der Waals surface area contributed by atoms with Crippen molar-refractivity contribution >= 4 is 6.09 Å². The van der Waals surface area contributed by atoms with E-state index in [1.165, 1.54) is 0 Å². The number of pyridine rings is 1. The molecule has 22 heavy (non-hydrogen) atoms. The topological polar surface area (TPSA) is 51.2 Å². The SMILES string of the molecule is Cc1ccnc(C#CCCNC(=O)OCc2ccccc2)c1. The number of nitrogens with one attached hydrogen (secondary N) is 1. The highest BCUT2D eigenvalue weighted by molar-refractivity contribution is 5.67. The van der Waals surface area contributed by atoms with Crippen LogP contribution in [0.25, 0.3) is 0 Å². The van der Waals surface area contributed by atoms with Gasteiger partial charge in [-0.2, -0.15) is 0 Å². The molecule has 0 spiro atoms. The Labute approximate surface area is 130 Å². The minimum atomic E-state index is -0.431. The summed E-state index contributed by atoms with van der Waals surface area (Å²) in [6, 6.07) is 13.4. The Morgan fingerprint density at radius 1 is 1.27 bits per heavy atom. The van der Waals surface area contributed by atoms with E-state index in [9.17, 15) is 4.79 Å². The van der Waals surface area contributed by atoms with Crippen LogP contribution >= 0.6 is 0 Å². The van der Waals surface area contributed by atoms with Crippen molar-refractivity contribution in [1.82, 2.24) is 10.3 Å². The lowest BCUT2D eigenvalue weighted by molar-refractivity contribution is 0.140. The van der Waals surface area contributed by atoms with Crippen LogP contribution in [0.15, 0.2) is 48.7 Å². The van der Waals surface area contributed by atoms with Crippen molar-refractivity contribution in [2.75, 3.05) is 6.54 Å². The van der Waals surface area contributed by atoms with Gasteiger partial charge in [-0.1, -0.05) is 36.3 Å². The molecule has 0 radical (unpaired) electrons. The Morgan fingerprint density at radius 3 is 2.86 bits per heavy atom. The van der Waals surface area contributed by atoms with Crippen molar-refractivity contribution in [3.8, 4) is 11.8 Å². The maximum Gasteiger partial charge on any atom is 0.407 e. The molecule has 0 unspecified atom stereocenters. The van der Waals surface area contributed by atoms with Crippen LogP contribution in [0.5, 0.6) is 0 Å². The molecule has 1 heterocycles. The van der Waals surface area contributed by atoms with Gasteiger partial charge in [0.25, 0.3) is 0 Å². The fourth-order valence-corrected chi connectivity index (χ4v) is 1.76. The number of carbonyl (C=O) groups is 1. The average Bonchev–Trinajstić information content (AvgIpc) is 2.54. The van der Waals surface area contributed by atoms with Gasteiger partial charge in [-0.15, -0.1) is 0 Å². The molecule has 0 aliphatic rings. The molecule has 1 aromatic carbocycles. The van der Waals surface area contributed by atoms with Crippen molar-refractivity contribution in [3.05, 3.63) is 65.5 Å². The Balaban J connectivity index is 1.65. The van der Waals surface area contributed by atoms with Crippen molar-refractivity contribution in [3.63, 3.8) is 0 Å². The number of amides is 1. The number of aryl methyl sites for hydroxylation is 1. The van der Waals surface area contributed by atoms with Gasteiger partial charge in [0.1, 0.15) is 12.3 Å². The highest BCUT2D eigenvalue weighted by Crippen LogP contribution is 2.00. The molecular weight excluding hydrogens is 276 g/mol. The molecule has 4 heteroatoms. The third-order valence-corrected chi connectivity index (χ3v) is 2.86. The Kier molecular flexibility index (Phi) is 6.01. The normalized spacial score (nSPS) is 9.50. The predicted octanol–water partition coefficient (Wildman–Crippen LogP) is 3.06. The highest BCUT2D eigenvalue weighted by atomic mass is 16.5. The Bertz CT molecular complexity index is 672. The van der Waals surface area contributed by atoms with Crippen LogP contribution in [0.1, 0.15) is 23.2 Å². The number of aromatic nitrogens is 1. The van der Waals surface area contributed by atoms with Gasteiger partial charge in [-0.05, 0) is 36.1 Å².